The minimum Gasteiger partial charge on any atom is -0.497 e. The van der Waals surface area contributed by atoms with Gasteiger partial charge in [0, 0.05) is 12.0 Å². The van der Waals surface area contributed by atoms with Crippen molar-refractivity contribution in [1.82, 2.24) is 25.2 Å². The number of tetrazole rings is 1. The SMILES string of the molecule is COc1ccc(-c2nnnn2CC(=O)N2N=C(c3ccc(C)cc3)CC2c2ccc(OC)cc2)cc1. The molecular formula is C27H26N6O3. The highest BCUT2D eigenvalue weighted by molar-refractivity contribution is 6.03. The molecule has 0 N–H and O–H groups in total. The molecular weight excluding hydrogens is 456 g/mol. The number of carbonyl (C=O) groups excluding carboxylic acids is 1. The molecule has 1 aliphatic heterocycles. The molecule has 5 rings (SSSR count). The summed E-state index contributed by atoms with van der Waals surface area (Å²) in [7, 11) is 3.24. The summed E-state index contributed by atoms with van der Waals surface area (Å²) in [4.78, 5) is 13.6. The number of rotatable bonds is 7. The first-order valence-electron chi connectivity index (χ1n) is 11.6. The third kappa shape index (κ3) is 4.68. The summed E-state index contributed by atoms with van der Waals surface area (Å²) in [6.45, 7) is 1.99. The number of hydrogen-bond acceptors (Lipinski definition) is 7. The van der Waals surface area contributed by atoms with Crippen LogP contribution < -0.4 is 9.47 Å². The van der Waals surface area contributed by atoms with Crippen molar-refractivity contribution in [1.29, 1.82) is 0 Å². The van der Waals surface area contributed by atoms with Gasteiger partial charge in [0.1, 0.15) is 18.0 Å². The summed E-state index contributed by atoms with van der Waals surface area (Å²) in [6.07, 6.45) is 0.599. The zero-order chi connectivity index (χ0) is 25.1. The standard InChI is InChI=1S/C27H26N6O3/c1-18-4-6-19(7-5-18)24-16-25(20-8-12-22(35-2)13-9-20)33(29-24)26(34)17-32-27(28-30-31-32)21-10-14-23(36-3)15-11-21/h4-15,25H,16-17H2,1-3H3. The Kier molecular flexibility index (Phi) is 6.44. The van der Waals surface area contributed by atoms with E-state index in [0.717, 1.165) is 33.9 Å². The first-order chi connectivity index (χ1) is 17.6. The number of nitrogens with zero attached hydrogens (tertiary/aromatic N) is 6. The molecule has 0 radical (unpaired) electrons. The van der Waals surface area contributed by atoms with Crippen LogP contribution in [-0.4, -0.2) is 51.1 Å². The Morgan fingerprint density at radius 3 is 2.14 bits per heavy atom. The summed E-state index contributed by atoms with van der Waals surface area (Å²) in [5.41, 5.74) is 4.78. The Morgan fingerprint density at radius 2 is 1.50 bits per heavy atom. The normalized spacial score (nSPS) is 15.0. The van der Waals surface area contributed by atoms with Gasteiger partial charge in [0.05, 0.1) is 26.0 Å². The number of aryl methyl sites for hydroxylation is 1. The molecule has 0 spiro atoms. The smallest absolute Gasteiger partial charge is 0.265 e. The number of aromatic nitrogens is 4. The molecule has 9 heteroatoms. The van der Waals surface area contributed by atoms with E-state index in [1.807, 2.05) is 79.7 Å². The Morgan fingerprint density at radius 1 is 0.889 bits per heavy atom. The van der Waals surface area contributed by atoms with Gasteiger partial charge in [-0.2, -0.15) is 5.10 Å². The van der Waals surface area contributed by atoms with E-state index in [-0.39, 0.29) is 18.5 Å². The molecule has 9 nitrogen and oxygen atoms in total. The van der Waals surface area contributed by atoms with Crippen LogP contribution in [0, 0.1) is 6.92 Å². The topological polar surface area (TPSA) is 94.7 Å². The maximum atomic E-state index is 13.6. The van der Waals surface area contributed by atoms with Crippen LogP contribution in [-0.2, 0) is 11.3 Å². The molecule has 3 aromatic carbocycles. The average Bonchev–Trinajstić information content (AvgIpc) is 3.57. The van der Waals surface area contributed by atoms with Crippen LogP contribution in [0.4, 0.5) is 0 Å². The highest BCUT2D eigenvalue weighted by atomic mass is 16.5. The van der Waals surface area contributed by atoms with E-state index in [1.165, 1.54) is 10.2 Å². The number of ether oxygens (including phenoxy) is 2. The van der Waals surface area contributed by atoms with Gasteiger partial charge in [-0.1, -0.05) is 42.0 Å². The third-order valence-corrected chi connectivity index (χ3v) is 6.22. The summed E-state index contributed by atoms with van der Waals surface area (Å²) in [6, 6.07) is 23.0. The van der Waals surface area contributed by atoms with Crippen molar-refractivity contribution in [3.63, 3.8) is 0 Å². The van der Waals surface area contributed by atoms with Gasteiger partial charge in [0.2, 0.25) is 0 Å². The van der Waals surface area contributed by atoms with Crippen molar-refractivity contribution >= 4 is 11.6 Å². The van der Waals surface area contributed by atoms with Crippen LogP contribution in [0.1, 0.15) is 29.2 Å². The van der Waals surface area contributed by atoms with E-state index in [2.05, 4.69) is 15.5 Å². The lowest BCUT2D eigenvalue weighted by atomic mass is 9.98. The second-order valence-electron chi connectivity index (χ2n) is 8.53. The Hall–Kier alpha value is -4.53. The van der Waals surface area contributed by atoms with Crippen LogP contribution in [0.2, 0.25) is 0 Å². The fourth-order valence-electron chi connectivity index (χ4n) is 4.20. The van der Waals surface area contributed by atoms with Crippen LogP contribution in [0.3, 0.4) is 0 Å². The lowest BCUT2D eigenvalue weighted by Crippen LogP contribution is -2.31. The van der Waals surface area contributed by atoms with Crippen molar-refractivity contribution in [2.45, 2.75) is 25.9 Å². The molecule has 0 fully saturated rings. The monoisotopic (exact) mass is 482 g/mol. The molecule has 2 heterocycles. The quantitative estimate of drug-likeness (QED) is 0.395. The van der Waals surface area contributed by atoms with Gasteiger partial charge < -0.3 is 9.47 Å². The minimum atomic E-state index is -0.249. The number of hydrogen-bond donors (Lipinski definition) is 0. The van der Waals surface area contributed by atoms with Crippen molar-refractivity contribution in [3.05, 3.63) is 89.5 Å². The van der Waals surface area contributed by atoms with Gasteiger partial charge in [-0.05, 0) is 64.9 Å². The highest BCUT2D eigenvalue weighted by Gasteiger charge is 2.33. The third-order valence-electron chi connectivity index (χ3n) is 6.22. The van der Waals surface area contributed by atoms with E-state index >= 15 is 0 Å². The largest absolute Gasteiger partial charge is 0.497 e. The molecule has 36 heavy (non-hydrogen) atoms. The first-order valence-corrected chi connectivity index (χ1v) is 11.6. The predicted molar refractivity (Wildman–Crippen MR) is 135 cm³/mol. The number of methoxy groups -OCH3 is 2. The van der Waals surface area contributed by atoms with Crippen molar-refractivity contribution < 1.29 is 14.3 Å². The number of amides is 1. The fourth-order valence-corrected chi connectivity index (χ4v) is 4.20. The van der Waals surface area contributed by atoms with E-state index in [0.29, 0.717) is 12.2 Å². The van der Waals surface area contributed by atoms with Crippen molar-refractivity contribution in [2.75, 3.05) is 14.2 Å². The van der Waals surface area contributed by atoms with Gasteiger partial charge in [-0.3, -0.25) is 4.79 Å². The maximum Gasteiger partial charge on any atom is 0.265 e. The molecule has 1 atom stereocenters. The summed E-state index contributed by atoms with van der Waals surface area (Å²) in [5, 5.41) is 18.3. The molecule has 4 aromatic rings. The summed E-state index contributed by atoms with van der Waals surface area (Å²) < 4.78 is 12.0. The minimum absolute atomic E-state index is 0.0499. The number of hydrazone groups is 1. The van der Waals surface area contributed by atoms with E-state index < -0.39 is 0 Å². The Bertz CT molecular complexity index is 1380. The molecule has 0 saturated carbocycles. The Labute approximate surface area is 209 Å². The molecule has 0 aliphatic carbocycles. The van der Waals surface area contributed by atoms with Crippen molar-refractivity contribution in [2.24, 2.45) is 5.10 Å². The van der Waals surface area contributed by atoms with Crippen LogP contribution in [0.5, 0.6) is 11.5 Å². The second-order valence-corrected chi connectivity index (χ2v) is 8.53. The van der Waals surface area contributed by atoms with Crippen LogP contribution in [0.25, 0.3) is 11.4 Å². The van der Waals surface area contributed by atoms with Crippen molar-refractivity contribution in [3.8, 4) is 22.9 Å². The molecule has 0 saturated heterocycles. The lowest BCUT2D eigenvalue weighted by Gasteiger charge is -2.22. The predicted octanol–water partition coefficient (Wildman–Crippen LogP) is 4.04. The van der Waals surface area contributed by atoms with Gasteiger partial charge in [0.15, 0.2) is 5.82 Å². The number of benzene rings is 3. The molecule has 0 bridgehead atoms. The zero-order valence-electron chi connectivity index (χ0n) is 20.3. The first kappa shape index (κ1) is 23.2. The number of carbonyl (C=O) groups is 1. The second kappa shape index (κ2) is 9.99. The van der Waals surface area contributed by atoms with Crippen LogP contribution in [0.15, 0.2) is 77.9 Å². The van der Waals surface area contributed by atoms with Gasteiger partial charge in [0.25, 0.3) is 5.91 Å². The molecule has 1 unspecified atom stereocenters. The highest BCUT2D eigenvalue weighted by Crippen LogP contribution is 2.34. The van der Waals surface area contributed by atoms with E-state index in [1.54, 1.807) is 19.2 Å². The maximum absolute atomic E-state index is 13.6. The van der Waals surface area contributed by atoms with Crippen LogP contribution >= 0.6 is 0 Å². The Balaban J connectivity index is 1.44. The molecule has 1 aliphatic rings. The summed E-state index contributed by atoms with van der Waals surface area (Å²) in [5.74, 6) is 1.77. The summed E-state index contributed by atoms with van der Waals surface area (Å²) >= 11 is 0. The van der Waals surface area contributed by atoms with E-state index in [4.69, 9.17) is 14.6 Å². The molecule has 1 amide bonds. The van der Waals surface area contributed by atoms with E-state index in [9.17, 15) is 4.79 Å². The fraction of sp³-hybridized carbons (Fsp3) is 0.222. The van der Waals surface area contributed by atoms with Gasteiger partial charge in [-0.15, -0.1) is 5.10 Å². The average molecular weight is 483 g/mol. The van der Waals surface area contributed by atoms with Gasteiger partial charge in [-0.25, -0.2) is 9.69 Å². The molecule has 1 aromatic heterocycles. The van der Waals surface area contributed by atoms with Gasteiger partial charge >= 0.3 is 0 Å². The molecule has 182 valence electrons. The lowest BCUT2D eigenvalue weighted by molar-refractivity contribution is -0.133. The zero-order valence-corrected chi connectivity index (χ0v) is 20.3.